The van der Waals surface area contributed by atoms with E-state index >= 15 is 0 Å². The van der Waals surface area contributed by atoms with Crippen LogP contribution in [0, 0.1) is 11.8 Å². The highest BCUT2D eigenvalue weighted by Gasteiger charge is 2.17. The smallest absolute Gasteiger partial charge is 0.227 e. The fourth-order valence-electron chi connectivity index (χ4n) is 1.25. The number of ether oxygens (including phenoxy) is 1. The van der Waals surface area contributed by atoms with Crippen LogP contribution in [0.5, 0.6) is 5.75 Å². The molecule has 0 bridgehead atoms. The van der Waals surface area contributed by atoms with Gasteiger partial charge in [0.05, 0.1) is 19.0 Å². The van der Waals surface area contributed by atoms with Gasteiger partial charge < -0.3 is 15.8 Å². The van der Waals surface area contributed by atoms with Crippen LogP contribution in [0.4, 0.5) is 11.5 Å². The van der Waals surface area contributed by atoms with Crippen LogP contribution in [0.1, 0.15) is 20.8 Å². The number of anilines is 2. The number of nitrogens with one attached hydrogen (secondary N) is 1. The molecular formula is C12H19N3O2. The van der Waals surface area contributed by atoms with E-state index in [1.807, 2.05) is 20.8 Å². The Labute approximate surface area is 101 Å². The molecule has 5 nitrogen and oxygen atoms in total. The van der Waals surface area contributed by atoms with Gasteiger partial charge in [-0.2, -0.15) is 0 Å². The molecule has 1 rings (SSSR count). The summed E-state index contributed by atoms with van der Waals surface area (Å²) in [5.41, 5.74) is 6.18. The van der Waals surface area contributed by atoms with Crippen molar-refractivity contribution in [3.05, 3.63) is 12.3 Å². The summed E-state index contributed by atoms with van der Waals surface area (Å²) in [4.78, 5) is 15.8. The number of carbonyl (C=O) groups excluding carboxylic acids is 1. The third-order valence-electron chi connectivity index (χ3n) is 2.78. The van der Waals surface area contributed by atoms with Crippen LogP contribution < -0.4 is 15.8 Å². The van der Waals surface area contributed by atoms with Gasteiger partial charge in [-0.3, -0.25) is 4.79 Å². The first-order valence-electron chi connectivity index (χ1n) is 5.56. The second-order valence-electron chi connectivity index (χ2n) is 4.33. The number of nitrogen functional groups attached to an aromatic ring is 1. The Balaban J connectivity index is 2.78. The highest BCUT2D eigenvalue weighted by Crippen LogP contribution is 2.23. The molecule has 0 saturated heterocycles. The molecule has 1 aromatic rings. The minimum atomic E-state index is -0.0569. The normalized spacial score (nSPS) is 12.3. The van der Waals surface area contributed by atoms with Crippen molar-refractivity contribution < 1.29 is 9.53 Å². The lowest BCUT2D eigenvalue weighted by molar-refractivity contribution is -0.120. The standard InChI is InChI=1S/C12H19N3O2/c1-7(2)8(3)12(16)15-9-5-10(17-4)11(13)14-6-9/h5-8H,1-4H3,(H2,13,14)(H,15,16). The summed E-state index contributed by atoms with van der Waals surface area (Å²) in [5.74, 6) is 0.966. The molecule has 1 heterocycles. The molecule has 0 aromatic carbocycles. The zero-order valence-electron chi connectivity index (χ0n) is 10.7. The highest BCUT2D eigenvalue weighted by atomic mass is 16.5. The molecule has 0 fully saturated rings. The van der Waals surface area contributed by atoms with Crippen molar-refractivity contribution in [1.29, 1.82) is 0 Å². The van der Waals surface area contributed by atoms with Gasteiger partial charge in [0.1, 0.15) is 0 Å². The molecule has 17 heavy (non-hydrogen) atoms. The molecule has 0 saturated carbocycles. The Morgan fingerprint density at radius 3 is 2.65 bits per heavy atom. The first-order valence-corrected chi connectivity index (χ1v) is 5.56. The minimum absolute atomic E-state index is 0.0337. The average Bonchev–Trinajstić information content (AvgIpc) is 2.30. The summed E-state index contributed by atoms with van der Waals surface area (Å²) in [6, 6.07) is 1.66. The Morgan fingerprint density at radius 2 is 2.12 bits per heavy atom. The van der Waals surface area contributed by atoms with Gasteiger partial charge >= 0.3 is 0 Å². The van der Waals surface area contributed by atoms with E-state index in [1.54, 1.807) is 6.07 Å². The van der Waals surface area contributed by atoms with Gasteiger partial charge in [-0.1, -0.05) is 20.8 Å². The Bertz CT molecular complexity index is 405. The fourth-order valence-corrected chi connectivity index (χ4v) is 1.25. The van der Waals surface area contributed by atoms with Crippen LogP contribution in [0.2, 0.25) is 0 Å². The predicted molar refractivity (Wildman–Crippen MR) is 67.8 cm³/mol. The molecule has 0 aliphatic heterocycles. The number of pyridine rings is 1. The van der Waals surface area contributed by atoms with Crippen molar-refractivity contribution >= 4 is 17.4 Å². The molecule has 94 valence electrons. The van der Waals surface area contributed by atoms with Gasteiger partial charge in [-0.15, -0.1) is 0 Å². The van der Waals surface area contributed by atoms with Gasteiger partial charge in [0.25, 0.3) is 0 Å². The van der Waals surface area contributed by atoms with Crippen molar-refractivity contribution in [3.63, 3.8) is 0 Å². The number of rotatable bonds is 4. The molecule has 1 aromatic heterocycles. The third kappa shape index (κ3) is 3.34. The number of aromatic nitrogens is 1. The van der Waals surface area contributed by atoms with Gasteiger partial charge in [-0.05, 0) is 5.92 Å². The van der Waals surface area contributed by atoms with E-state index < -0.39 is 0 Å². The van der Waals surface area contributed by atoms with Crippen LogP contribution in [-0.4, -0.2) is 18.0 Å². The van der Waals surface area contributed by atoms with E-state index in [1.165, 1.54) is 13.3 Å². The third-order valence-corrected chi connectivity index (χ3v) is 2.78. The Morgan fingerprint density at radius 1 is 1.47 bits per heavy atom. The molecule has 0 aliphatic carbocycles. The largest absolute Gasteiger partial charge is 0.493 e. The molecular weight excluding hydrogens is 218 g/mol. The molecule has 1 unspecified atom stereocenters. The van der Waals surface area contributed by atoms with E-state index in [2.05, 4.69) is 10.3 Å². The number of hydrogen-bond acceptors (Lipinski definition) is 4. The lowest BCUT2D eigenvalue weighted by Crippen LogP contribution is -2.24. The number of nitrogens with zero attached hydrogens (tertiary/aromatic N) is 1. The monoisotopic (exact) mass is 237 g/mol. The number of amides is 1. The second-order valence-corrected chi connectivity index (χ2v) is 4.33. The summed E-state index contributed by atoms with van der Waals surface area (Å²) in [7, 11) is 1.51. The first kappa shape index (κ1) is 13.3. The van der Waals surface area contributed by atoms with E-state index in [9.17, 15) is 4.79 Å². The second kappa shape index (κ2) is 5.52. The molecule has 0 radical (unpaired) electrons. The Kier molecular flexibility index (Phi) is 4.31. The summed E-state index contributed by atoms with van der Waals surface area (Å²) < 4.78 is 5.04. The van der Waals surface area contributed by atoms with Gasteiger partial charge in [0, 0.05) is 12.0 Å². The van der Waals surface area contributed by atoms with Crippen LogP contribution in [0.3, 0.4) is 0 Å². The Hall–Kier alpha value is -1.78. The van der Waals surface area contributed by atoms with E-state index in [4.69, 9.17) is 10.5 Å². The van der Waals surface area contributed by atoms with Crippen molar-refractivity contribution in [2.45, 2.75) is 20.8 Å². The molecule has 0 spiro atoms. The fraction of sp³-hybridized carbons (Fsp3) is 0.500. The summed E-state index contributed by atoms with van der Waals surface area (Å²) in [6.07, 6.45) is 1.52. The van der Waals surface area contributed by atoms with Gasteiger partial charge in [0.15, 0.2) is 11.6 Å². The number of hydrogen-bond donors (Lipinski definition) is 2. The lowest BCUT2D eigenvalue weighted by Gasteiger charge is -2.15. The van der Waals surface area contributed by atoms with Gasteiger partial charge in [-0.25, -0.2) is 4.98 Å². The molecule has 1 amide bonds. The quantitative estimate of drug-likeness (QED) is 0.838. The average molecular weight is 237 g/mol. The molecule has 3 N–H and O–H groups in total. The maximum Gasteiger partial charge on any atom is 0.227 e. The maximum atomic E-state index is 11.8. The number of carbonyl (C=O) groups is 1. The summed E-state index contributed by atoms with van der Waals surface area (Å²) in [6.45, 7) is 5.90. The van der Waals surface area contributed by atoms with Crippen LogP contribution in [-0.2, 0) is 4.79 Å². The van der Waals surface area contributed by atoms with Crippen molar-refractivity contribution in [2.75, 3.05) is 18.2 Å². The number of methoxy groups -OCH3 is 1. The maximum absolute atomic E-state index is 11.8. The summed E-state index contributed by atoms with van der Waals surface area (Å²) >= 11 is 0. The highest BCUT2D eigenvalue weighted by molar-refractivity contribution is 5.92. The van der Waals surface area contributed by atoms with Crippen molar-refractivity contribution in [1.82, 2.24) is 4.98 Å². The molecule has 5 heteroatoms. The SMILES string of the molecule is COc1cc(NC(=O)C(C)C(C)C)cnc1N. The van der Waals surface area contributed by atoms with E-state index in [0.29, 0.717) is 23.2 Å². The van der Waals surface area contributed by atoms with Crippen LogP contribution in [0.25, 0.3) is 0 Å². The zero-order valence-corrected chi connectivity index (χ0v) is 10.7. The van der Waals surface area contributed by atoms with Crippen LogP contribution in [0.15, 0.2) is 12.3 Å². The van der Waals surface area contributed by atoms with E-state index in [0.717, 1.165) is 0 Å². The van der Waals surface area contributed by atoms with Crippen LogP contribution >= 0.6 is 0 Å². The van der Waals surface area contributed by atoms with Gasteiger partial charge in [0.2, 0.25) is 5.91 Å². The molecule has 0 aliphatic rings. The van der Waals surface area contributed by atoms with E-state index in [-0.39, 0.29) is 11.8 Å². The number of nitrogens with two attached hydrogens (primary N) is 1. The zero-order chi connectivity index (χ0) is 13.0. The molecule has 1 atom stereocenters. The summed E-state index contributed by atoms with van der Waals surface area (Å²) in [5, 5.41) is 2.79. The topological polar surface area (TPSA) is 77.2 Å². The predicted octanol–water partition coefficient (Wildman–Crippen LogP) is 1.90. The minimum Gasteiger partial charge on any atom is -0.493 e. The van der Waals surface area contributed by atoms with Crippen molar-refractivity contribution in [2.24, 2.45) is 11.8 Å². The van der Waals surface area contributed by atoms with Crippen molar-refractivity contribution in [3.8, 4) is 5.75 Å². The lowest BCUT2D eigenvalue weighted by atomic mass is 9.97. The first-order chi connectivity index (χ1) is 7.95.